The highest BCUT2D eigenvalue weighted by Gasteiger charge is 2.13. The van der Waals surface area contributed by atoms with Crippen molar-refractivity contribution in [2.24, 2.45) is 0 Å². The van der Waals surface area contributed by atoms with Gasteiger partial charge in [-0.15, -0.1) is 5.10 Å². The van der Waals surface area contributed by atoms with E-state index in [-0.39, 0.29) is 12.4 Å². The quantitative estimate of drug-likeness (QED) is 0.561. The molecule has 1 aromatic heterocycles. The van der Waals surface area contributed by atoms with Gasteiger partial charge in [-0.3, -0.25) is 4.79 Å². The van der Waals surface area contributed by atoms with Gasteiger partial charge < -0.3 is 9.73 Å². The Morgan fingerprint density at radius 2 is 1.52 bits per heavy atom. The number of hydrogen-bond donors (Lipinski definition) is 1. The Bertz CT molecular complexity index is 1180. The number of nitrogens with one attached hydrogen (secondary N) is 1. The molecule has 1 heterocycles. The van der Waals surface area contributed by atoms with Gasteiger partial charge in [0.1, 0.15) is 12.4 Å². The summed E-state index contributed by atoms with van der Waals surface area (Å²) in [6.45, 7) is -0.302. The minimum absolute atomic E-state index is 0.0232. The van der Waals surface area contributed by atoms with E-state index in [1.807, 2.05) is 42.5 Å². The third-order valence-electron chi connectivity index (χ3n) is 4.27. The first-order valence-electron chi connectivity index (χ1n) is 8.88. The van der Waals surface area contributed by atoms with Crippen molar-refractivity contribution in [2.45, 2.75) is 6.54 Å². The molecule has 3 aromatic carbocycles. The number of nitrogens with zero attached hydrogens (tertiary/aromatic N) is 2. The molecule has 0 spiro atoms. The van der Waals surface area contributed by atoms with Crippen LogP contribution in [0.4, 0.5) is 10.1 Å². The maximum atomic E-state index is 13.0. The minimum Gasteiger partial charge on any atom is -0.388 e. The molecule has 4 rings (SSSR count). The third kappa shape index (κ3) is 4.30. The summed E-state index contributed by atoms with van der Waals surface area (Å²) in [6.07, 6.45) is 0. The van der Waals surface area contributed by atoms with Gasteiger partial charge in [-0.25, -0.2) is 9.18 Å². The van der Waals surface area contributed by atoms with Gasteiger partial charge in [-0.2, -0.15) is 4.68 Å². The lowest BCUT2D eigenvalue weighted by molar-refractivity contribution is -0.117. The first-order chi connectivity index (χ1) is 14.1. The number of anilines is 1. The summed E-state index contributed by atoms with van der Waals surface area (Å²) in [5.74, 6) is -1.57. The van der Waals surface area contributed by atoms with Crippen LogP contribution in [0.5, 0.6) is 0 Å². The van der Waals surface area contributed by atoms with Crippen LogP contribution in [-0.2, 0) is 11.3 Å². The fraction of sp³-hybridized carbons (Fsp3) is 0.0455. The van der Waals surface area contributed by atoms with Crippen LogP contribution in [0.15, 0.2) is 88.1 Å². The Hall–Kier alpha value is -4.00. The van der Waals surface area contributed by atoms with E-state index in [1.54, 1.807) is 12.1 Å². The summed E-state index contributed by atoms with van der Waals surface area (Å²) < 4.78 is 19.0. The molecule has 0 radical (unpaired) electrons. The normalized spacial score (nSPS) is 10.7. The predicted molar refractivity (Wildman–Crippen MR) is 107 cm³/mol. The molecule has 0 unspecified atom stereocenters. The van der Waals surface area contributed by atoms with Crippen molar-refractivity contribution in [1.29, 1.82) is 0 Å². The maximum absolute atomic E-state index is 13.0. The molecule has 0 saturated carbocycles. The van der Waals surface area contributed by atoms with Gasteiger partial charge >= 0.3 is 5.76 Å². The first kappa shape index (κ1) is 18.4. The molecular formula is C22H16FN3O3. The fourth-order valence-electron chi connectivity index (χ4n) is 2.83. The second-order valence-corrected chi connectivity index (χ2v) is 6.33. The van der Waals surface area contributed by atoms with Gasteiger partial charge in [-0.05, 0) is 47.5 Å². The molecule has 6 nitrogen and oxygen atoms in total. The summed E-state index contributed by atoms with van der Waals surface area (Å²) in [5.41, 5.74) is 3.15. The minimum atomic E-state index is -0.765. The summed E-state index contributed by atoms with van der Waals surface area (Å²) >= 11 is 0. The smallest absolute Gasteiger partial charge is 0.388 e. The molecule has 4 aromatic rings. The predicted octanol–water partition coefficient (Wildman–Crippen LogP) is 3.95. The van der Waals surface area contributed by atoms with Gasteiger partial charge in [0.2, 0.25) is 11.8 Å². The zero-order valence-corrected chi connectivity index (χ0v) is 15.2. The highest BCUT2D eigenvalue weighted by molar-refractivity contribution is 5.90. The Morgan fingerprint density at radius 3 is 2.21 bits per heavy atom. The highest BCUT2D eigenvalue weighted by atomic mass is 19.1. The van der Waals surface area contributed by atoms with E-state index in [4.69, 9.17) is 4.42 Å². The summed E-state index contributed by atoms with van der Waals surface area (Å²) in [5, 5.41) is 6.72. The molecule has 0 bridgehead atoms. The highest BCUT2D eigenvalue weighted by Crippen LogP contribution is 2.21. The van der Waals surface area contributed by atoms with Crippen LogP contribution >= 0.6 is 0 Å². The van der Waals surface area contributed by atoms with Crippen LogP contribution in [-0.4, -0.2) is 15.7 Å². The van der Waals surface area contributed by atoms with Crippen molar-refractivity contribution in [2.75, 3.05) is 5.32 Å². The van der Waals surface area contributed by atoms with Crippen molar-refractivity contribution in [3.63, 3.8) is 0 Å². The molecule has 144 valence electrons. The number of benzene rings is 3. The van der Waals surface area contributed by atoms with Crippen LogP contribution in [0.25, 0.3) is 22.6 Å². The fourth-order valence-corrected chi connectivity index (χ4v) is 2.83. The van der Waals surface area contributed by atoms with E-state index < -0.39 is 17.5 Å². The molecule has 0 fully saturated rings. The second kappa shape index (κ2) is 7.93. The molecule has 0 aliphatic heterocycles. The summed E-state index contributed by atoms with van der Waals surface area (Å²) in [7, 11) is 0. The SMILES string of the molecule is O=C(Cn1nc(-c2ccc(F)cc2)oc1=O)Nc1ccc(-c2ccccc2)cc1. The Balaban J connectivity index is 1.43. The van der Waals surface area contributed by atoms with E-state index in [9.17, 15) is 14.0 Å². The van der Waals surface area contributed by atoms with Crippen LogP contribution in [0.1, 0.15) is 0 Å². The van der Waals surface area contributed by atoms with Crippen molar-refractivity contribution < 1.29 is 13.6 Å². The average molecular weight is 389 g/mol. The van der Waals surface area contributed by atoms with Crippen molar-refractivity contribution in [3.8, 4) is 22.6 Å². The summed E-state index contributed by atoms with van der Waals surface area (Å²) in [4.78, 5) is 24.2. The van der Waals surface area contributed by atoms with Crippen LogP contribution in [0.2, 0.25) is 0 Å². The number of hydrogen-bond acceptors (Lipinski definition) is 4. The van der Waals surface area contributed by atoms with E-state index in [1.165, 1.54) is 24.3 Å². The molecular weight excluding hydrogens is 373 g/mol. The van der Waals surface area contributed by atoms with Gasteiger partial charge in [-0.1, -0.05) is 42.5 Å². The topological polar surface area (TPSA) is 77.1 Å². The van der Waals surface area contributed by atoms with Crippen LogP contribution < -0.4 is 11.1 Å². The van der Waals surface area contributed by atoms with Gasteiger partial charge in [0.05, 0.1) is 0 Å². The Morgan fingerprint density at radius 1 is 0.897 bits per heavy atom. The lowest BCUT2D eigenvalue weighted by Gasteiger charge is -2.06. The molecule has 1 amide bonds. The van der Waals surface area contributed by atoms with E-state index in [2.05, 4.69) is 10.4 Å². The van der Waals surface area contributed by atoms with Gasteiger partial charge in [0, 0.05) is 11.3 Å². The number of amides is 1. The zero-order chi connectivity index (χ0) is 20.2. The van der Waals surface area contributed by atoms with Crippen molar-refractivity contribution in [1.82, 2.24) is 9.78 Å². The van der Waals surface area contributed by atoms with E-state index >= 15 is 0 Å². The number of carbonyl (C=O) groups is 1. The van der Waals surface area contributed by atoms with Crippen LogP contribution in [0.3, 0.4) is 0 Å². The molecule has 1 N–H and O–H groups in total. The Labute approximate surface area is 165 Å². The number of aromatic nitrogens is 2. The molecule has 0 saturated heterocycles. The van der Waals surface area contributed by atoms with Gasteiger partial charge in [0.25, 0.3) is 0 Å². The maximum Gasteiger partial charge on any atom is 0.437 e. The monoisotopic (exact) mass is 389 g/mol. The molecule has 0 aliphatic rings. The standard InChI is InChI=1S/C22H16FN3O3/c23-18-10-6-17(7-11-18)21-25-26(22(28)29-21)14-20(27)24-19-12-8-16(9-13-19)15-4-2-1-3-5-15/h1-13H,14H2,(H,24,27). The first-order valence-corrected chi connectivity index (χ1v) is 8.88. The zero-order valence-electron chi connectivity index (χ0n) is 15.2. The molecule has 29 heavy (non-hydrogen) atoms. The summed E-state index contributed by atoms with van der Waals surface area (Å²) in [6, 6.07) is 22.6. The van der Waals surface area contributed by atoms with Crippen molar-refractivity contribution >= 4 is 11.6 Å². The Kier molecular flexibility index (Phi) is 5.03. The lowest BCUT2D eigenvalue weighted by atomic mass is 10.1. The second-order valence-electron chi connectivity index (χ2n) is 6.33. The van der Waals surface area contributed by atoms with E-state index in [0.717, 1.165) is 15.8 Å². The third-order valence-corrected chi connectivity index (χ3v) is 4.27. The molecule has 0 atom stereocenters. The molecule has 7 heteroatoms. The number of halogens is 1. The number of rotatable bonds is 5. The lowest BCUT2D eigenvalue weighted by Crippen LogP contribution is -2.25. The van der Waals surface area contributed by atoms with Crippen molar-refractivity contribution in [3.05, 3.63) is 95.2 Å². The number of carbonyl (C=O) groups excluding carboxylic acids is 1. The molecule has 0 aliphatic carbocycles. The van der Waals surface area contributed by atoms with E-state index in [0.29, 0.717) is 11.3 Å². The largest absolute Gasteiger partial charge is 0.437 e. The average Bonchev–Trinajstić information content (AvgIpc) is 3.10. The van der Waals surface area contributed by atoms with Gasteiger partial charge in [0.15, 0.2) is 0 Å². The van der Waals surface area contributed by atoms with Crippen LogP contribution in [0, 0.1) is 5.82 Å².